The fourth-order valence-corrected chi connectivity index (χ4v) is 11.6. The van der Waals surface area contributed by atoms with E-state index in [4.69, 9.17) is 0 Å². The van der Waals surface area contributed by atoms with Gasteiger partial charge in [0.25, 0.3) is 0 Å². The Balaban J connectivity index is 1.75. The molecule has 0 saturated heterocycles. The number of hydrogen-bond donors (Lipinski definition) is 0. The van der Waals surface area contributed by atoms with Crippen LogP contribution in [0, 0.1) is 0 Å². The molecule has 0 aliphatic heterocycles. The molecule has 0 N–H and O–H groups in total. The first-order valence-electron chi connectivity index (χ1n) is 21.6. The molecule has 4 aromatic carbocycles. The molecule has 0 fully saturated rings. The van der Waals surface area contributed by atoms with Crippen molar-refractivity contribution in [3.63, 3.8) is 0 Å². The van der Waals surface area contributed by atoms with E-state index in [0.29, 0.717) is 0 Å². The standard InChI is InChI=1S/C51H66/c1-7-13-31-49(32-14-8-2)40-28-22-19-25-37(40)43-46(49)44-38-26-20-23-29-41(38)50(33-15-9-3,34-16-10-4)48(44)45-39-27-21-24-30-42(39)51(47(43)45,35-17-11-5)36-18-12-6/h19-30H,7-18,31-36H2,1-6H3. The Labute approximate surface area is 311 Å². The number of rotatable bonds is 18. The molecule has 51 heavy (non-hydrogen) atoms. The lowest BCUT2D eigenvalue weighted by molar-refractivity contribution is 0.401. The van der Waals surface area contributed by atoms with E-state index >= 15 is 0 Å². The summed E-state index contributed by atoms with van der Waals surface area (Å²) in [5, 5.41) is 0. The minimum atomic E-state index is 0.0474. The zero-order valence-electron chi connectivity index (χ0n) is 33.2. The lowest BCUT2D eigenvalue weighted by Crippen LogP contribution is -2.31. The molecule has 0 amide bonds. The highest BCUT2D eigenvalue weighted by Crippen LogP contribution is 2.71. The van der Waals surface area contributed by atoms with Gasteiger partial charge in [0, 0.05) is 16.2 Å². The molecule has 3 aliphatic rings. The summed E-state index contributed by atoms with van der Waals surface area (Å²) in [4.78, 5) is 0. The van der Waals surface area contributed by atoms with Crippen LogP contribution < -0.4 is 0 Å². The fourth-order valence-electron chi connectivity index (χ4n) is 11.6. The van der Waals surface area contributed by atoms with Crippen molar-refractivity contribution in [1.82, 2.24) is 0 Å². The molecule has 3 aliphatic carbocycles. The lowest BCUT2D eigenvalue weighted by Gasteiger charge is -2.39. The molecular weight excluding hydrogens is 613 g/mol. The van der Waals surface area contributed by atoms with Gasteiger partial charge < -0.3 is 0 Å². The maximum absolute atomic E-state index is 2.57. The summed E-state index contributed by atoms with van der Waals surface area (Å²) in [5.41, 5.74) is 20.1. The molecule has 0 heterocycles. The minimum absolute atomic E-state index is 0.0474. The van der Waals surface area contributed by atoms with Crippen LogP contribution in [0.15, 0.2) is 72.8 Å². The number of hydrogen-bond acceptors (Lipinski definition) is 0. The van der Waals surface area contributed by atoms with Gasteiger partial charge in [-0.05, 0) is 105 Å². The van der Waals surface area contributed by atoms with Gasteiger partial charge in [0.2, 0.25) is 0 Å². The molecule has 0 unspecified atom stereocenters. The second kappa shape index (κ2) is 15.1. The summed E-state index contributed by atoms with van der Waals surface area (Å²) >= 11 is 0. The van der Waals surface area contributed by atoms with Crippen LogP contribution in [-0.2, 0) is 16.2 Å². The first-order valence-corrected chi connectivity index (χ1v) is 21.6. The van der Waals surface area contributed by atoms with Gasteiger partial charge >= 0.3 is 0 Å². The Bertz CT molecular complexity index is 1580. The van der Waals surface area contributed by atoms with Crippen molar-refractivity contribution in [1.29, 1.82) is 0 Å². The summed E-state index contributed by atoms with van der Waals surface area (Å²) in [5.74, 6) is 0. The van der Waals surface area contributed by atoms with E-state index < -0.39 is 0 Å². The second-order valence-electron chi connectivity index (χ2n) is 16.8. The van der Waals surface area contributed by atoms with Crippen LogP contribution in [-0.4, -0.2) is 0 Å². The number of fused-ring (bicyclic) bond motifs is 12. The Morgan fingerprint density at radius 3 is 0.745 bits per heavy atom. The van der Waals surface area contributed by atoms with Gasteiger partial charge in [-0.3, -0.25) is 0 Å². The zero-order chi connectivity index (χ0) is 35.6. The third kappa shape index (κ3) is 5.43. The van der Waals surface area contributed by atoms with Crippen LogP contribution in [0.3, 0.4) is 0 Å². The second-order valence-corrected chi connectivity index (χ2v) is 16.8. The van der Waals surface area contributed by atoms with Gasteiger partial charge in [-0.15, -0.1) is 0 Å². The monoisotopic (exact) mass is 679 g/mol. The molecule has 0 aromatic heterocycles. The summed E-state index contributed by atoms with van der Waals surface area (Å²) in [6.45, 7) is 14.5. The predicted octanol–water partition coefficient (Wildman–Crippen LogP) is 15.6. The molecule has 0 saturated carbocycles. The normalized spacial score (nSPS) is 16.4. The van der Waals surface area contributed by atoms with Crippen molar-refractivity contribution in [2.45, 2.75) is 173 Å². The molecule has 4 aromatic rings. The maximum atomic E-state index is 2.57. The molecule has 0 spiro atoms. The molecule has 0 radical (unpaired) electrons. The van der Waals surface area contributed by atoms with Crippen molar-refractivity contribution >= 4 is 0 Å². The van der Waals surface area contributed by atoms with Crippen molar-refractivity contribution in [2.24, 2.45) is 0 Å². The smallest absolute Gasteiger partial charge is 0.0221 e. The van der Waals surface area contributed by atoms with Crippen molar-refractivity contribution in [3.8, 4) is 33.4 Å². The van der Waals surface area contributed by atoms with E-state index in [-0.39, 0.29) is 16.2 Å². The SMILES string of the molecule is CCCCC1(CCCC)c2ccccc2-c2c1c1c(c3c2C(CCCC)(CCCC)c2ccccc2-3)C(CCCC)(CCCC)c2ccccc2-1. The van der Waals surface area contributed by atoms with Gasteiger partial charge in [0.05, 0.1) is 0 Å². The third-order valence-corrected chi connectivity index (χ3v) is 13.8. The Kier molecular flexibility index (Phi) is 10.7. The Morgan fingerprint density at radius 1 is 0.314 bits per heavy atom. The van der Waals surface area contributed by atoms with Gasteiger partial charge in [0.15, 0.2) is 0 Å². The number of benzene rings is 4. The summed E-state index contributed by atoms with van der Waals surface area (Å²) < 4.78 is 0. The first-order chi connectivity index (χ1) is 25.0. The van der Waals surface area contributed by atoms with Crippen LogP contribution in [0.1, 0.15) is 190 Å². The minimum Gasteiger partial charge on any atom is -0.0654 e. The van der Waals surface area contributed by atoms with Crippen molar-refractivity contribution in [2.75, 3.05) is 0 Å². The van der Waals surface area contributed by atoms with Crippen LogP contribution >= 0.6 is 0 Å². The van der Waals surface area contributed by atoms with Gasteiger partial charge in [-0.25, -0.2) is 0 Å². The largest absolute Gasteiger partial charge is 0.0654 e. The van der Waals surface area contributed by atoms with Gasteiger partial charge in [0.1, 0.15) is 0 Å². The van der Waals surface area contributed by atoms with E-state index in [1.165, 1.54) is 116 Å². The summed E-state index contributed by atoms with van der Waals surface area (Å²) in [7, 11) is 0. The molecule has 270 valence electrons. The van der Waals surface area contributed by atoms with Crippen LogP contribution in [0.2, 0.25) is 0 Å². The van der Waals surface area contributed by atoms with Crippen LogP contribution in [0.25, 0.3) is 33.4 Å². The van der Waals surface area contributed by atoms with E-state index in [1.807, 2.05) is 0 Å². The summed E-state index contributed by atoms with van der Waals surface area (Å²) in [6.07, 6.45) is 22.6. The molecule has 0 heteroatoms. The molecule has 0 nitrogen and oxygen atoms in total. The predicted molar refractivity (Wildman–Crippen MR) is 222 cm³/mol. The van der Waals surface area contributed by atoms with E-state index in [2.05, 4.69) is 114 Å². The van der Waals surface area contributed by atoms with Crippen molar-refractivity contribution < 1.29 is 0 Å². The van der Waals surface area contributed by atoms with E-state index in [9.17, 15) is 0 Å². The van der Waals surface area contributed by atoms with E-state index in [0.717, 1.165) is 0 Å². The average Bonchev–Trinajstić information content (AvgIpc) is 3.73. The highest BCUT2D eigenvalue weighted by atomic mass is 14.6. The molecule has 0 atom stereocenters. The third-order valence-electron chi connectivity index (χ3n) is 13.8. The molecule has 7 rings (SSSR count). The number of unbranched alkanes of at least 4 members (excludes halogenated alkanes) is 6. The van der Waals surface area contributed by atoms with Crippen molar-refractivity contribution in [3.05, 3.63) is 106 Å². The Morgan fingerprint density at radius 2 is 0.529 bits per heavy atom. The maximum Gasteiger partial charge on any atom is 0.0221 e. The zero-order valence-corrected chi connectivity index (χ0v) is 33.2. The van der Waals surface area contributed by atoms with Crippen LogP contribution in [0.5, 0.6) is 0 Å². The quantitative estimate of drug-likeness (QED) is 0.0982. The highest BCUT2D eigenvalue weighted by Gasteiger charge is 2.57. The average molecular weight is 679 g/mol. The highest BCUT2D eigenvalue weighted by molar-refractivity contribution is 6.05. The molecular formula is C51H66. The topological polar surface area (TPSA) is 0 Å². The first kappa shape index (κ1) is 36.2. The van der Waals surface area contributed by atoms with Gasteiger partial charge in [-0.2, -0.15) is 0 Å². The Hall–Kier alpha value is -3.12. The fraction of sp³-hybridized carbons (Fsp3) is 0.529. The van der Waals surface area contributed by atoms with E-state index in [1.54, 1.807) is 66.8 Å². The molecule has 0 bridgehead atoms. The summed E-state index contributed by atoms with van der Waals surface area (Å²) in [6, 6.07) is 29.6. The van der Waals surface area contributed by atoms with Crippen LogP contribution in [0.4, 0.5) is 0 Å². The lowest BCUT2D eigenvalue weighted by atomic mass is 9.63. The van der Waals surface area contributed by atoms with Gasteiger partial charge in [-0.1, -0.05) is 191 Å².